The van der Waals surface area contributed by atoms with Gasteiger partial charge in [-0.15, -0.1) is 11.8 Å². The highest BCUT2D eigenvalue weighted by molar-refractivity contribution is 8.26. The second kappa shape index (κ2) is 11.2. The van der Waals surface area contributed by atoms with Crippen molar-refractivity contribution < 1.29 is 14.3 Å². The van der Waals surface area contributed by atoms with Crippen LogP contribution in [0.5, 0.6) is 11.5 Å². The van der Waals surface area contributed by atoms with Crippen molar-refractivity contribution in [3.05, 3.63) is 71.8 Å². The average Bonchev–Trinajstić information content (AvgIpc) is 3.33. The van der Waals surface area contributed by atoms with Crippen molar-refractivity contribution in [2.75, 3.05) is 19.0 Å². The Morgan fingerprint density at radius 2 is 1.89 bits per heavy atom. The molecule has 0 fully saturated rings. The fourth-order valence-corrected chi connectivity index (χ4v) is 5.70. The first-order valence-electron chi connectivity index (χ1n) is 12.1. The smallest absolute Gasteiger partial charge is 0.283 e. The van der Waals surface area contributed by atoms with Gasteiger partial charge in [0.2, 0.25) is 5.17 Å². The Morgan fingerprint density at radius 3 is 2.73 bits per heavy atom. The van der Waals surface area contributed by atoms with Gasteiger partial charge in [0.25, 0.3) is 5.91 Å². The van der Waals surface area contributed by atoms with Crippen molar-refractivity contribution in [1.82, 2.24) is 5.01 Å². The Labute approximate surface area is 224 Å². The molecule has 2 heterocycles. The number of benzene rings is 3. The van der Waals surface area contributed by atoms with Crippen LogP contribution in [0.15, 0.2) is 81.2 Å². The lowest BCUT2D eigenvalue weighted by Gasteiger charge is -2.20. The van der Waals surface area contributed by atoms with Crippen LogP contribution in [0.1, 0.15) is 25.8 Å². The minimum atomic E-state index is -0.444. The van der Waals surface area contributed by atoms with E-state index in [1.165, 1.54) is 32.4 Å². The van der Waals surface area contributed by atoms with E-state index >= 15 is 0 Å². The molecule has 2 aliphatic heterocycles. The zero-order chi connectivity index (χ0) is 25.8. The molecule has 0 saturated carbocycles. The van der Waals surface area contributed by atoms with Gasteiger partial charge in [-0.3, -0.25) is 10.2 Å². The third kappa shape index (κ3) is 5.42. The number of thioether (sulfide) groups is 2. The van der Waals surface area contributed by atoms with Crippen LogP contribution in [0.2, 0.25) is 0 Å². The van der Waals surface area contributed by atoms with Crippen molar-refractivity contribution in [3.8, 4) is 11.5 Å². The van der Waals surface area contributed by atoms with Crippen molar-refractivity contribution in [2.24, 2.45) is 10.1 Å². The van der Waals surface area contributed by atoms with E-state index in [4.69, 9.17) is 14.9 Å². The number of nitrogens with zero attached hydrogens (tertiary/aromatic N) is 3. The second-order valence-electron chi connectivity index (χ2n) is 8.18. The van der Waals surface area contributed by atoms with Gasteiger partial charge in [0.1, 0.15) is 5.04 Å². The summed E-state index contributed by atoms with van der Waals surface area (Å²) < 4.78 is 11.9. The molecule has 0 bridgehead atoms. The van der Waals surface area contributed by atoms with Crippen LogP contribution in [0, 0.1) is 5.41 Å². The number of hydrogen-bond acceptors (Lipinski definition) is 7. The number of fused-ring (bicyclic) bond motifs is 2. The van der Waals surface area contributed by atoms with Gasteiger partial charge >= 0.3 is 0 Å². The number of carbonyl (C=O) groups is 1. The minimum Gasteiger partial charge on any atom is -0.490 e. The lowest BCUT2D eigenvalue weighted by Crippen LogP contribution is -2.35. The molecule has 0 radical (unpaired) electrons. The van der Waals surface area contributed by atoms with Crippen LogP contribution in [0.4, 0.5) is 0 Å². The van der Waals surface area contributed by atoms with Gasteiger partial charge < -0.3 is 9.47 Å². The molecule has 0 aromatic heterocycles. The van der Waals surface area contributed by atoms with Gasteiger partial charge in [-0.05, 0) is 65.7 Å². The van der Waals surface area contributed by atoms with Crippen LogP contribution in [-0.4, -0.2) is 45.9 Å². The molecule has 5 rings (SSSR count). The Kier molecular flexibility index (Phi) is 7.62. The standard InChI is InChI=1S/C28H26N4O3S2/c1-3-25-31-32-26(29)21(27(33)30-28(32)37-25)16-18-12-13-22(23(17-18)34-4-2)35-14-15-36-24-11-7-9-19-8-5-6-10-20(19)24/h5-13,16-17,29H,3-4,14-15H2,1-2H3/b21-16-,29-26?. The van der Waals surface area contributed by atoms with Gasteiger partial charge in [0, 0.05) is 10.6 Å². The highest BCUT2D eigenvalue weighted by Gasteiger charge is 2.35. The predicted molar refractivity (Wildman–Crippen MR) is 153 cm³/mol. The fraction of sp³-hybridized carbons (Fsp3) is 0.214. The largest absolute Gasteiger partial charge is 0.490 e. The predicted octanol–water partition coefficient (Wildman–Crippen LogP) is 6.44. The lowest BCUT2D eigenvalue weighted by atomic mass is 10.1. The molecule has 0 aliphatic carbocycles. The van der Waals surface area contributed by atoms with E-state index in [9.17, 15) is 4.79 Å². The number of hydrogen-bond donors (Lipinski definition) is 1. The van der Waals surface area contributed by atoms with Gasteiger partial charge in [0.15, 0.2) is 17.3 Å². The lowest BCUT2D eigenvalue weighted by molar-refractivity contribution is -0.114. The van der Waals surface area contributed by atoms with Crippen molar-refractivity contribution in [3.63, 3.8) is 0 Å². The molecule has 9 heteroatoms. The second-order valence-corrected chi connectivity index (χ2v) is 10.4. The van der Waals surface area contributed by atoms with Crippen molar-refractivity contribution in [2.45, 2.75) is 25.2 Å². The monoisotopic (exact) mass is 530 g/mol. The SMILES string of the molecule is CCOc1cc(/C=C2/C(=N)N3N=C(CC)SC3=NC2=O)ccc1OCCSc1cccc2ccccc12. The summed E-state index contributed by atoms with van der Waals surface area (Å²) in [4.78, 5) is 18.0. The maximum atomic E-state index is 12.7. The number of hydrazone groups is 1. The average molecular weight is 531 g/mol. The van der Waals surface area contributed by atoms with Gasteiger partial charge in [-0.25, -0.2) is 0 Å². The summed E-state index contributed by atoms with van der Waals surface area (Å²) in [7, 11) is 0. The van der Waals surface area contributed by atoms with Gasteiger partial charge in [-0.2, -0.15) is 15.1 Å². The highest BCUT2D eigenvalue weighted by atomic mass is 32.2. The number of aliphatic imine (C=N–C) groups is 1. The molecular formula is C28H26N4O3S2. The molecular weight excluding hydrogens is 504 g/mol. The number of amidine groups is 2. The first kappa shape index (κ1) is 25.1. The molecule has 0 unspecified atom stereocenters. The third-order valence-electron chi connectivity index (χ3n) is 5.73. The van der Waals surface area contributed by atoms with E-state index in [1.54, 1.807) is 17.8 Å². The van der Waals surface area contributed by atoms with Crippen LogP contribution in [0.25, 0.3) is 16.8 Å². The molecule has 0 spiro atoms. The molecule has 188 valence electrons. The summed E-state index contributed by atoms with van der Waals surface area (Å²) in [6.45, 7) is 4.88. The molecule has 7 nitrogen and oxygen atoms in total. The van der Waals surface area contributed by atoms with Gasteiger partial charge in [0.05, 0.1) is 18.8 Å². The fourth-order valence-electron chi connectivity index (χ4n) is 3.97. The zero-order valence-electron chi connectivity index (χ0n) is 20.6. The van der Waals surface area contributed by atoms with Crippen molar-refractivity contribution >= 4 is 62.3 Å². The first-order chi connectivity index (χ1) is 18.1. The van der Waals surface area contributed by atoms with Crippen LogP contribution < -0.4 is 9.47 Å². The first-order valence-corrected chi connectivity index (χ1v) is 13.9. The quantitative estimate of drug-likeness (QED) is 0.195. The molecule has 3 aromatic carbocycles. The maximum absolute atomic E-state index is 12.7. The number of carbonyl (C=O) groups excluding carboxylic acids is 1. The topological polar surface area (TPSA) is 87.3 Å². The summed E-state index contributed by atoms with van der Waals surface area (Å²) in [6, 6.07) is 20.2. The van der Waals surface area contributed by atoms with Crippen LogP contribution in [0.3, 0.4) is 0 Å². The van der Waals surface area contributed by atoms with Crippen molar-refractivity contribution in [1.29, 1.82) is 5.41 Å². The van der Waals surface area contributed by atoms with Crippen LogP contribution >= 0.6 is 23.5 Å². The summed E-state index contributed by atoms with van der Waals surface area (Å²) in [5.41, 5.74) is 0.910. The third-order valence-corrected chi connectivity index (χ3v) is 7.82. The molecule has 1 N–H and O–H groups in total. The Bertz CT molecular complexity index is 1460. The number of ether oxygens (including phenoxy) is 2. The Hall–Kier alpha value is -3.56. The Morgan fingerprint density at radius 1 is 1.05 bits per heavy atom. The van der Waals surface area contributed by atoms with E-state index in [1.807, 2.05) is 38.1 Å². The molecule has 0 saturated heterocycles. The summed E-state index contributed by atoms with van der Waals surface area (Å²) >= 11 is 3.09. The number of nitrogens with one attached hydrogen (secondary N) is 1. The number of amides is 1. The minimum absolute atomic E-state index is 0.0229. The molecule has 2 aliphatic rings. The summed E-state index contributed by atoms with van der Waals surface area (Å²) in [5, 5.41) is 18.1. The van der Waals surface area contributed by atoms with Crippen LogP contribution in [-0.2, 0) is 4.79 Å². The normalized spacial score (nSPS) is 16.2. The summed E-state index contributed by atoms with van der Waals surface area (Å²) in [6.07, 6.45) is 2.37. The van der Waals surface area contributed by atoms with E-state index < -0.39 is 5.91 Å². The highest BCUT2D eigenvalue weighted by Crippen LogP contribution is 2.33. The Balaban J connectivity index is 1.28. The van der Waals surface area contributed by atoms with E-state index in [-0.39, 0.29) is 11.4 Å². The summed E-state index contributed by atoms with van der Waals surface area (Å²) in [5.74, 6) is 1.59. The maximum Gasteiger partial charge on any atom is 0.283 e. The van der Waals surface area contributed by atoms with E-state index in [0.717, 1.165) is 22.8 Å². The zero-order valence-corrected chi connectivity index (χ0v) is 22.2. The molecule has 3 aromatic rings. The van der Waals surface area contributed by atoms with E-state index in [0.29, 0.717) is 29.9 Å². The van der Waals surface area contributed by atoms with E-state index in [2.05, 4.69) is 46.5 Å². The number of rotatable bonds is 9. The molecule has 0 atom stereocenters. The molecule has 1 amide bonds. The van der Waals surface area contributed by atoms with Gasteiger partial charge in [-0.1, -0.05) is 49.4 Å². The molecule has 37 heavy (non-hydrogen) atoms.